The van der Waals surface area contributed by atoms with Gasteiger partial charge in [0.2, 0.25) is 0 Å². The molecule has 2 aliphatic rings. The average molecular weight is 509 g/mol. The van der Waals surface area contributed by atoms with Gasteiger partial charge in [-0.25, -0.2) is 4.98 Å². The Kier molecular flexibility index (Phi) is 9.07. The highest BCUT2D eigenvalue weighted by Gasteiger charge is 2.32. The molecule has 1 aliphatic heterocycles. The molecule has 1 aromatic carbocycles. The topological polar surface area (TPSA) is 98.8 Å². The van der Waals surface area contributed by atoms with Crippen LogP contribution >= 0.6 is 11.3 Å². The molecular formula is C28H36N4O3S. The van der Waals surface area contributed by atoms with E-state index in [0.717, 1.165) is 71.7 Å². The van der Waals surface area contributed by atoms with E-state index in [9.17, 15) is 4.79 Å². The van der Waals surface area contributed by atoms with Crippen molar-refractivity contribution in [2.24, 2.45) is 10.7 Å². The monoisotopic (exact) mass is 508 g/mol. The van der Waals surface area contributed by atoms with Crippen molar-refractivity contribution in [2.45, 2.75) is 58.0 Å². The number of thiazole rings is 1. The van der Waals surface area contributed by atoms with Crippen LogP contribution < -0.4 is 15.8 Å². The fourth-order valence-corrected chi connectivity index (χ4v) is 5.61. The van der Waals surface area contributed by atoms with Crippen LogP contribution in [0.1, 0.15) is 72.1 Å². The number of aliphatic imine (C=N–C) groups is 1. The standard InChI is InChI=1S/C28H36N4O3S/c1-4-30-15-23(18(2)8-6-12-29)31-27(33)24-17-36-28(32-24)26-19(3)14-22-21(26)10-5-11-25(22)35-16-20-9-7-13-34-20/h5,10-11,15,17,20,26H,3-4,6-9,12-14,16,29H2,1-2H3,(H,31,33)/b23-18-,30-15?/t20-,26?/m1/s1. The summed E-state index contributed by atoms with van der Waals surface area (Å²) in [5, 5.41) is 5.69. The predicted octanol–water partition coefficient (Wildman–Crippen LogP) is 4.78. The van der Waals surface area contributed by atoms with Crippen LogP contribution in [0.25, 0.3) is 0 Å². The van der Waals surface area contributed by atoms with E-state index in [2.05, 4.69) is 23.0 Å². The minimum atomic E-state index is -0.236. The molecule has 1 saturated heterocycles. The summed E-state index contributed by atoms with van der Waals surface area (Å²) >= 11 is 1.49. The van der Waals surface area contributed by atoms with E-state index in [-0.39, 0.29) is 17.9 Å². The maximum atomic E-state index is 13.1. The number of hydrogen-bond acceptors (Lipinski definition) is 7. The Hall–Kier alpha value is -2.81. The third-order valence-electron chi connectivity index (χ3n) is 6.61. The molecule has 3 N–H and O–H groups in total. The number of nitrogens with zero attached hydrogens (tertiary/aromatic N) is 2. The van der Waals surface area contributed by atoms with E-state index in [1.165, 1.54) is 11.3 Å². The lowest BCUT2D eigenvalue weighted by Gasteiger charge is -2.15. The Morgan fingerprint density at radius 2 is 2.31 bits per heavy atom. The Bertz CT molecular complexity index is 1150. The number of aromatic nitrogens is 1. The summed E-state index contributed by atoms with van der Waals surface area (Å²) in [4.78, 5) is 22.1. The Morgan fingerprint density at radius 1 is 1.44 bits per heavy atom. The van der Waals surface area contributed by atoms with Crippen LogP contribution in [0.5, 0.6) is 5.75 Å². The minimum absolute atomic E-state index is 0.0409. The summed E-state index contributed by atoms with van der Waals surface area (Å²) in [5.41, 5.74) is 11.2. The highest BCUT2D eigenvalue weighted by atomic mass is 32.1. The summed E-state index contributed by atoms with van der Waals surface area (Å²) in [6, 6.07) is 6.15. The number of rotatable bonds is 11. The van der Waals surface area contributed by atoms with Crippen molar-refractivity contribution in [1.29, 1.82) is 0 Å². The second-order valence-corrected chi connectivity index (χ2v) is 10.2. The Morgan fingerprint density at radius 3 is 3.06 bits per heavy atom. The van der Waals surface area contributed by atoms with Gasteiger partial charge in [-0.2, -0.15) is 0 Å². The normalized spacial score (nSPS) is 20.0. The molecule has 1 aromatic heterocycles. The molecule has 36 heavy (non-hydrogen) atoms. The molecule has 2 atom stereocenters. The number of hydrogen-bond donors (Lipinski definition) is 2. The third-order valence-corrected chi connectivity index (χ3v) is 7.52. The molecule has 7 nitrogen and oxygen atoms in total. The molecule has 1 amide bonds. The molecule has 8 heteroatoms. The van der Waals surface area contributed by atoms with Crippen molar-refractivity contribution >= 4 is 23.5 Å². The lowest BCUT2D eigenvalue weighted by atomic mass is 9.99. The molecule has 1 unspecified atom stereocenters. The van der Waals surface area contributed by atoms with Gasteiger partial charge in [0, 0.05) is 30.3 Å². The summed E-state index contributed by atoms with van der Waals surface area (Å²) < 4.78 is 11.9. The van der Waals surface area contributed by atoms with Crippen molar-refractivity contribution in [3.8, 4) is 5.75 Å². The van der Waals surface area contributed by atoms with Crippen LogP contribution in [0.3, 0.4) is 0 Å². The molecule has 2 heterocycles. The molecule has 192 valence electrons. The van der Waals surface area contributed by atoms with Crippen LogP contribution in [0.15, 0.2) is 52.0 Å². The zero-order valence-corrected chi connectivity index (χ0v) is 22.0. The maximum Gasteiger partial charge on any atom is 0.275 e. The van der Waals surface area contributed by atoms with Crippen molar-refractivity contribution in [3.63, 3.8) is 0 Å². The van der Waals surface area contributed by atoms with Gasteiger partial charge in [0.15, 0.2) is 0 Å². The highest BCUT2D eigenvalue weighted by Crippen LogP contribution is 2.45. The molecule has 2 aromatic rings. The number of allylic oxidation sites excluding steroid dienone is 3. The fourth-order valence-electron chi connectivity index (χ4n) is 4.64. The van der Waals surface area contributed by atoms with Gasteiger partial charge in [0.05, 0.1) is 17.7 Å². The molecule has 0 radical (unpaired) electrons. The van der Waals surface area contributed by atoms with E-state index >= 15 is 0 Å². The number of ether oxygens (including phenoxy) is 2. The predicted molar refractivity (Wildman–Crippen MR) is 145 cm³/mol. The number of carbonyl (C=O) groups is 1. The van der Waals surface area contributed by atoms with Gasteiger partial charge in [-0.15, -0.1) is 11.3 Å². The van der Waals surface area contributed by atoms with Crippen LogP contribution in [-0.4, -0.2) is 49.5 Å². The van der Waals surface area contributed by atoms with Crippen LogP contribution in [0, 0.1) is 0 Å². The van der Waals surface area contributed by atoms with Gasteiger partial charge in [-0.1, -0.05) is 24.3 Å². The summed E-state index contributed by atoms with van der Waals surface area (Å²) in [6.07, 6.45) is 6.43. The van der Waals surface area contributed by atoms with E-state index in [0.29, 0.717) is 31.1 Å². The smallest absolute Gasteiger partial charge is 0.275 e. The first kappa shape index (κ1) is 26.3. The molecule has 4 rings (SSSR count). The first-order valence-corrected chi connectivity index (χ1v) is 13.6. The number of fused-ring (bicyclic) bond motifs is 1. The molecular weight excluding hydrogens is 472 g/mol. The first-order valence-electron chi connectivity index (χ1n) is 12.7. The van der Waals surface area contributed by atoms with Gasteiger partial charge in [-0.3, -0.25) is 9.79 Å². The van der Waals surface area contributed by atoms with Crippen LogP contribution in [0.4, 0.5) is 0 Å². The van der Waals surface area contributed by atoms with E-state index in [1.807, 2.05) is 31.4 Å². The second-order valence-electron chi connectivity index (χ2n) is 9.28. The van der Waals surface area contributed by atoms with Crippen molar-refractivity contribution in [1.82, 2.24) is 10.3 Å². The lowest BCUT2D eigenvalue weighted by Crippen LogP contribution is -2.25. The molecule has 0 bridgehead atoms. The van der Waals surface area contributed by atoms with Gasteiger partial charge in [-0.05, 0) is 69.7 Å². The molecule has 0 saturated carbocycles. The number of carbonyl (C=O) groups excluding carboxylic acids is 1. The molecule has 0 spiro atoms. The summed E-state index contributed by atoms with van der Waals surface area (Å²) in [5.74, 6) is 0.611. The average Bonchev–Trinajstić information content (AvgIpc) is 3.63. The Labute approximate surface area is 217 Å². The third kappa shape index (κ3) is 6.11. The highest BCUT2D eigenvalue weighted by molar-refractivity contribution is 7.10. The van der Waals surface area contributed by atoms with E-state index < -0.39 is 0 Å². The molecule has 1 aliphatic carbocycles. The lowest BCUT2D eigenvalue weighted by molar-refractivity contribution is 0.0677. The van der Waals surface area contributed by atoms with Crippen LogP contribution in [-0.2, 0) is 11.2 Å². The zero-order valence-electron chi connectivity index (χ0n) is 21.2. The van der Waals surface area contributed by atoms with Gasteiger partial charge in [0.1, 0.15) is 23.1 Å². The van der Waals surface area contributed by atoms with Gasteiger partial charge >= 0.3 is 0 Å². The minimum Gasteiger partial charge on any atom is -0.491 e. The Balaban J connectivity index is 1.50. The zero-order chi connectivity index (χ0) is 25.5. The van der Waals surface area contributed by atoms with Crippen molar-refractivity contribution < 1.29 is 14.3 Å². The maximum absolute atomic E-state index is 13.1. The summed E-state index contributed by atoms with van der Waals surface area (Å²) in [7, 11) is 0. The van der Waals surface area contributed by atoms with E-state index in [4.69, 9.17) is 20.2 Å². The molecule has 1 fully saturated rings. The fraction of sp³-hybridized carbons (Fsp3) is 0.464. The SMILES string of the molecule is C=C1Cc2c(OC[C@H]3CCCO3)cccc2C1c1nc(C(=O)N/C(C=NCC)=C(/C)CCCN)cs1. The largest absolute Gasteiger partial charge is 0.491 e. The number of amides is 1. The summed E-state index contributed by atoms with van der Waals surface area (Å²) in [6.45, 7) is 10.9. The number of nitrogens with two attached hydrogens (primary N) is 1. The number of nitrogens with one attached hydrogen (secondary N) is 1. The van der Waals surface area contributed by atoms with Crippen molar-refractivity contribution in [2.75, 3.05) is 26.3 Å². The first-order chi connectivity index (χ1) is 17.5. The quantitative estimate of drug-likeness (QED) is 0.336. The van der Waals surface area contributed by atoms with Gasteiger partial charge in [0.25, 0.3) is 5.91 Å². The van der Waals surface area contributed by atoms with E-state index in [1.54, 1.807) is 6.21 Å². The number of benzene rings is 1. The second kappa shape index (κ2) is 12.4. The van der Waals surface area contributed by atoms with Crippen LogP contribution in [0.2, 0.25) is 0 Å². The van der Waals surface area contributed by atoms with Gasteiger partial charge < -0.3 is 20.5 Å². The van der Waals surface area contributed by atoms with Crippen molar-refractivity contribution in [3.05, 3.63) is 68.8 Å².